The smallest absolute Gasteiger partial charge is 0.343 e. The summed E-state index contributed by atoms with van der Waals surface area (Å²) in [5.41, 5.74) is 2.03. The van der Waals surface area contributed by atoms with Crippen LogP contribution >= 0.6 is 0 Å². The van der Waals surface area contributed by atoms with Gasteiger partial charge in [0.15, 0.2) is 6.10 Å². The molecule has 0 saturated carbocycles. The van der Waals surface area contributed by atoms with Crippen LogP contribution in [0.4, 0.5) is 0 Å². The zero-order valence-corrected chi connectivity index (χ0v) is 13.9. The van der Waals surface area contributed by atoms with Crippen LogP contribution in [0.2, 0.25) is 0 Å². The number of aromatic nitrogens is 2. The zero-order chi connectivity index (χ0) is 16.0. The SMILES string of the molecule is CCN(CC)CC#C[C@@H](C)OC(=O)c1c(C)nn(C)c1C. The first-order valence-corrected chi connectivity index (χ1v) is 7.32. The number of esters is 1. The normalized spacial score (nSPS) is 12.0. The van der Waals surface area contributed by atoms with E-state index < -0.39 is 6.10 Å². The third kappa shape index (κ3) is 4.61. The van der Waals surface area contributed by atoms with Gasteiger partial charge in [0, 0.05) is 12.7 Å². The van der Waals surface area contributed by atoms with E-state index in [4.69, 9.17) is 4.74 Å². The Hall–Kier alpha value is -1.80. The molecule has 0 spiro atoms. The lowest BCUT2D eigenvalue weighted by atomic mass is 10.2. The van der Waals surface area contributed by atoms with Crippen LogP contribution in [0, 0.1) is 25.7 Å². The van der Waals surface area contributed by atoms with Crippen molar-refractivity contribution >= 4 is 5.97 Å². The standard InChI is InChI=1S/C16H25N3O2/c1-7-19(8-2)11-9-10-12(3)21-16(20)15-13(4)17-18(6)14(15)5/h12H,7-8,11H2,1-6H3/t12-/m1/s1. The van der Waals surface area contributed by atoms with Crippen molar-refractivity contribution in [1.82, 2.24) is 14.7 Å². The quantitative estimate of drug-likeness (QED) is 0.614. The summed E-state index contributed by atoms with van der Waals surface area (Å²) in [6.07, 6.45) is -0.424. The second-order valence-corrected chi connectivity index (χ2v) is 5.00. The van der Waals surface area contributed by atoms with Gasteiger partial charge in [0.1, 0.15) is 5.56 Å². The Morgan fingerprint density at radius 2 is 2.00 bits per heavy atom. The van der Waals surface area contributed by atoms with E-state index in [1.165, 1.54) is 0 Å². The van der Waals surface area contributed by atoms with Crippen LogP contribution < -0.4 is 0 Å². The molecule has 0 fully saturated rings. The largest absolute Gasteiger partial charge is 0.446 e. The molecule has 1 aromatic heterocycles. The van der Waals surface area contributed by atoms with Gasteiger partial charge in [-0.2, -0.15) is 5.10 Å². The summed E-state index contributed by atoms with van der Waals surface area (Å²) in [7, 11) is 1.81. The van der Waals surface area contributed by atoms with Crippen LogP contribution in [0.15, 0.2) is 0 Å². The summed E-state index contributed by atoms with van der Waals surface area (Å²) in [4.78, 5) is 14.4. The summed E-state index contributed by atoms with van der Waals surface area (Å²) in [5, 5.41) is 4.22. The molecular formula is C16H25N3O2. The van der Waals surface area contributed by atoms with E-state index in [0.29, 0.717) is 17.8 Å². The van der Waals surface area contributed by atoms with Gasteiger partial charge in [-0.15, -0.1) is 0 Å². The molecule has 0 aromatic carbocycles. The first-order valence-electron chi connectivity index (χ1n) is 7.32. The van der Waals surface area contributed by atoms with E-state index in [-0.39, 0.29) is 5.97 Å². The molecule has 0 bridgehead atoms. The molecule has 5 nitrogen and oxygen atoms in total. The van der Waals surface area contributed by atoms with Gasteiger partial charge in [0.05, 0.1) is 12.2 Å². The van der Waals surface area contributed by atoms with Crippen LogP contribution in [0.5, 0.6) is 0 Å². The number of rotatable bonds is 5. The first-order chi connectivity index (χ1) is 9.90. The fourth-order valence-corrected chi connectivity index (χ4v) is 2.07. The number of ether oxygens (including phenoxy) is 1. The maximum atomic E-state index is 12.2. The van der Waals surface area contributed by atoms with E-state index in [1.807, 2.05) is 14.0 Å². The molecule has 1 aromatic rings. The summed E-state index contributed by atoms with van der Waals surface area (Å²) < 4.78 is 7.06. The summed E-state index contributed by atoms with van der Waals surface area (Å²) >= 11 is 0. The molecule has 0 aliphatic rings. The average molecular weight is 291 g/mol. The van der Waals surface area contributed by atoms with Crippen molar-refractivity contribution in [2.75, 3.05) is 19.6 Å². The molecule has 0 saturated heterocycles. The molecule has 116 valence electrons. The van der Waals surface area contributed by atoms with Crippen molar-refractivity contribution in [2.45, 2.75) is 40.7 Å². The fourth-order valence-electron chi connectivity index (χ4n) is 2.07. The van der Waals surface area contributed by atoms with E-state index in [1.54, 1.807) is 18.5 Å². The second kappa shape index (κ2) is 7.84. The Morgan fingerprint density at radius 3 is 2.48 bits per heavy atom. The molecule has 0 aliphatic carbocycles. The van der Waals surface area contributed by atoms with Gasteiger partial charge in [0.25, 0.3) is 0 Å². The van der Waals surface area contributed by atoms with Gasteiger partial charge in [-0.1, -0.05) is 25.7 Å². The van der Waals surface area contributed by atoms with Crippen molar-refractivity contribution in [3.63, 3.8) is 0 Å². The monoisotopic (exact) mass is 291 g/mol. The van der Waals surface area contributed by atoms with E-state index >= 15 is 0 Å². The number of aryl methyl sites for hydroxylation is 2. The van der Waals surface area contributed by atoms with Crippen molar-refractivity contribution in [1.29, 1.82) is 0 Å². The third-order valence-corrected chi connectivity index (χ3v) is 3.50. The molecule has 1 heterocycles. The Kier molecular flexibility index (Phi) is 6.44. The van der Waals surface area contributed by atoms with Crippen LogP contribution in [-0.4, -0.2) is 46.4 Å². The van der Waals surface area contributed by atoms with Crippen LogP contribution in [-0.2, 0) is 11.8 Å². The molecule has 0 amide bonds. The number of carbonyl (C=O) groups excluding carboxylic acids is 1. The number of carbonyl (C=O) groups is 1. The lowest BCUT2D eigenvalue weighted by molar-refractivity contribution is 0.0436. The maximum absolute atomic E-state index is 12.2. The highest BCUT2D eigenvalue weighted by Gasteiger charge is 2.20. The second-order valence-electron chi connectivity index (χ2n) is 5.00. The highest BCUT2D eigenvalue weighted by atomic mass is 16.5. The minimum Gasteiger partial charge on any atom is -0.446 e. The van der Waals surface area contributed by atoms with Crippen molar-refractivity contribution in [3.05, 3.63) is 17.0 Å². The van der Waals surface area contributed by atoms with Crippen LogP contribution in [0.1, 0.15) is 42.5 Å². The van der Waals surface area contributed by atoms with Gasteiger partial charge >= 0.3 is 5.97 Å². The van der Waals surface area contributed by atoms with Crippen LogP contribution in [0.25, 0.3) is 0 Å². The Bertz CT molecular complexity index is 548. The average Bonchev–Trinajstić information content (AvgIpc) is 2.68. The zero-order valence-electron chi connectivity index (χ0n) is 13.9. The minimum atomic E-state index is -0.424. The van der Waals surface area contributed by atoms with Gasteiger partial charge in [-0.25, -0.2) is 4.79 Å². The summed E-state index contributed by atoms with van der Waals surface area (Å²) in [6.45, 7) is 12.3. The Labute approximate surface area is 127 Å². The van der Waals surface area contributed by atoms with Gasteiger partial charge < -0.3 is 4.74 Å². The van der Waals surface area contributed by atoms with E-state index in [0.717, 1.165) is 18.8 Å². The van der Waals surface area contributed by atoms with E-state index in [9.17, 15) is 4.79 Å². The highest BCUT2D eigenvalue weighted by Crippen LogP contribution is 2.14. The molecule has 0 N–H and O–H groups in total. The lowest BCUT2D eigenvalue weighted by Crippen LogP contribution is -2.23. The van der Waals surface area contributed by atoms with Gasteiger partial charge in [-0.3, -0.25) is 9.58 Å². The van der Waals surface area contributed by atoms with Crippen LogP contribution in [0.3, 0.4) is 0 Å². The highest BCUT2D eigenvalue weighted by molar-refractivity contribution is 5.92. The fraction of sp³-hybridized carbons (Fsp3) is 0.625. The summed E-state index contributed by atoms with van der Waals surface area (Å²) in [5.74, 6) is 5.66. The molecular weight excluding hydrogens is 266 g/mol. The minimum absolute atomic E-state index is 0.359. The number of nitrogens with zero attached hydrogens (tertiary/aromatic N) is 3. The van der Waals surface area contributed by atoms with Gasteiger partial charge in [0.2, 0.25) is 0 Å². The molecule has 0 radical (unpaired) electrons. The number of hydrogen-bond donors (Lipinski definition) is 0. The first kappa shape index (κ1) is 17.3. The molecule has 5 heteroatoms. The molecule has 21 heavy (non-hydrogen) atoms. The Balaban J connectivity index is 2.65. The molecule has 1 atom stereocenters. The van der Waals surface area contributed by atoms with Gasteiger partial charge in [-0.05, 0) is 33.9 Å². The molecule has 0 unspecified atom stereocenters. The van der Waals surface area contributed by atoms with Crippen molar-refractivity contribution in [2.24, 2.45) is 7.05 Å². The third-order valence-electron chi connectivity index (χ3n) is 3.50. The van der Waals surface area contributed by atoms with E-state index in [2.05, 4.69) is 35.7 Å². The maximum Gasteiger partial charge on any atom is 0.343 e. The van der Waals surface area contributed by atoms with Crippen molar-refractivity contribution < 1.29 is 9.53 Å². The predicted molar refractivity (Wildman–Crippen MR) is 83.1 cm³/mol. The number of hydrogen-bond acceptors (Lipinski definition) is 4. The molecule has 1 rings (SSSR count). The lowest BCUT2D eigenvalue weighted by Gasteiger charge is -2.13. The Morgan fingerprint density at radius 1 is 1.38 bits per heavy atom. The molecule has 0 aliphatic heterocycles. The summed E-state index contributed by atoms with van der Waals surface area (Å²) in [6, 6.07) is 0. The van der Waals surface area contributed by atoms with Crippen molar-refractivity contribution in [3.8, 4) is 11.8 Å². The predicted octanol–water partition coefficient (Wildman–Crippen LogP) is 1.93. The topological polar surface area (TPSA) is 47.4 Å².